The van der Waals surface area contributed by atoms with Crippen LogP contribution in [0, 0.1) is 19.3 Å². The highest BCUT2D eigenvalue weighted by atomic mass is 16.5. The molecule has 1 spiro atoms. The Morgan fingerprint density at radius 2 is 1.94 bits per heavy atom. The molecule has 31 heavy (non-hydrogen) atoms. The van der Waals surface area contributed by atoms with Gasteiger partial charge in [0.15, 0.2) is 0 Å². The summed E-state index contributed by atoms with van der Waals surface area (Å²) in [5, 5.41) is 15.3. The second kappa shape index (κ2) is 8.41. The molecule has 2 amide bonds. The summed E-state index contributed by atoms with van der Waals surface area (Å²) in [6.07, 6.45) is 3.52. The van der Waals surface area contributed by atoms with Gasteiger partial charge in [0.05, 0.1) is 5.69 Å². The number of aryl methyl sites for hydroxylation is 3. The summed E-state index contributed by atoms with van der Waals surface area (Å²) in [4.78, 5) is 29.6. The van der Waals surface area contributed by atoms with Crippen LogP contribution in [0.1, 0.15) is 57.5 Å². The molecular formula is C21H31N7O3. The van der Waals surface area contributed by atoms with Crippen molar-refractivity contribution in [3.63, 3.8) is 0 Å². The molecule has 0 aromatic carbocycles. The third-order valence-corrected chi connectivity index (χ3v) is 6.59. The van der Waals surface area contributed by atoms with E-state index >= 15 is 0 Å². The highest BCUT2D eigenvalue weighted by Crippen LogP contribution is 2.41. The lowest BCUT2D eigenvalue weighted by atomic mass is 9.80. The molecule has 168 valence electrons. The zero-order chi connectivity index (χ0) is 22.2. The van der Waals surface area contributed by atoms with Crippen molar-refractivity contribution in [3.8, 4) is 0 Å². The number of nitrogens with one attached hydrogen (secondary N) is 1. The second-order valence-electron chi connectivity index (χ2n) is 9.08. The zero-order valence-electron chi connectivity index (χ0n) is 18.8. The number of carbonyl (C=O) groups excluding carboxylic acids is 2. The van der Waals surface area contributed by atoms with Crippen molar-refractivity contribution in [3.05, 3.63) is 28.7 Å². The van der Waals surface area contributed by atoms with Gasteiger partial charge in [0.25, 0.3) is 11.8 Å². The molecule has 2 aromatic rings. The monoisotopic (exact) mass is 429 g/mol. The van der Waals surface area contributed by atoms with Gasteiger partial charge in [-0.05, 0) is 52.6 Å². The third-order valence-electron chi connectivity index (χ3n) is 6.59. The number of hydrogen-bond acceptors (Lipinski definition) is 7. The molecular weight excluding hydrogens is 398 g/mol. The topological polar surface area (TPSA) is 109 Å². The predicted molar refractivity (Wildman–Crippen MR) is 113 cm³/mol. The van der Waals surface area contributed by atoms with Gasteiger partial charge in [-0.1, -0.05) is 5.16 Å². The Bertz CT molecular complexity index is 960. The van der Waals surface area contributed by atoms with Crippen molar-refractivity contribution < 1.29 is 14.1 Å². The van der Waals surface area contributed by atoms with Crippen LogP contribution in [0.15, 0.2) is 4.52 Å². The van der Waals surface area contributed by atoms with E-state index in [4.69, 9.17) is 4.52 Å². The third kappa shape index (κ3) is 4.21. The van der Waals surface area contributed by atoms with Crippen LogP contribution in [0.3, 0.4) is 0 Å². The van der Waals surface area contributed by atoms with Crippen molar-refractivity contribution in [2.75, 3.05) is 40.3 Å². The Morgan fingerprint density at radius 1 is 1.16 bits per heavy atom. The van der Waals surface area contributed by atoms with Crippen LogP contribution in [0.25, 0.3) is 0 Å². The molecule has 0 radical (unpaired) electrons. The number of rotatable bonds is 5. The Balaban J connectivity index is 1.42. The summed E-state index contributed by atoms with van der Waals surface area (Å²) in [5.41, 5.74) is 1.26. The van der Waals surface area contributed by atoms with E-state index in [1.54, 1.807) is 13.8 Å². The van der Waals surface area contributed by atoms with Gasteiger partial charge in [0.1, 0.15) is 17.1 Å². The van der Waals surface area contributed by atoms with E-state index in [0.29, 0.717) is 42.5 Å². The number of hydrogen-bond donors (Lipinski definition) is 1. The lowest BCUT2D eigenvalue weighted by Gasteiger charge is -2.27. The Morgan fingerprint density at radius 3 is 2.65 bits per heavy atom. The molecule has 1 saturated heterocycles. The molecule has 1 fully saturated rings. The fourth-order valence-electron chi connectivity index (χ4n) is 4.71. The fourth-order valence-corrected chi connectivity index (χ4v) is 4.71. The van der Waals surface area contributed by atoms with Crippen LogP contribution < -0.4 is 5.32 Å². The van der Waals surface area contributed by atoms with Crippen LogP contribution in [-0.2, 0) is 13.0 Å². The summed E-state index contributed by atoms with van der Waals surface area (Å²) < 4.78 is 7.14. The molecule has 2 aromatic heterocycles. The summed E-state index contributed by atoms with van der Waals surface area (Å²) in [7, 11) is 3.94. The number of likely N-dealkylation sites (tertiary alicyclic amines) is 1. The fraction of sp³-hybridized carbons (Fsp3) is 0.667. The maximum absolute atomic E-state index is 13.1. The van der Waals surface area contributed by atoms with Crippen molar-refractivity contribution in [2.24, 2.45) is 5.41 Å². The van der Waals surface area contributed by atoms with E-state index in [9.17, 15) is 9.59 Å². The van der Waals surface area contributed by atoms with Crippen molar-refractivity contribution in [2.45, 2.75) is 46.1 Å². The van der Waals surface area contributed by atoms with Gasteiger partial charge in [-0.3, -0.25) is 9.59 Å². The van der Waals surface area contributed by atoms with Crippen LogP contribution in [0.2, 0.25) is 0 Å². The Kier molecular flexibility index (Phi) is 5.83. The first-order valence-electron chi connectivity index (χ1n) is 10.9. The average Bonchev–Trinajstić information content (AvgIpc) is 3.38. The minimum atomic E-state index is -0.182. The molecule has 4 heterocycles. The van der Waals surface area contributed by atoms with E-state index in [1.807, 2.05) is 28.5 Å². The van der Waals surface area contributed by atoms with Gasteiger partial charge < -0.3 is 24.2 Å². The molecule has 0 saturated carbocycles. The number of fused-ring (bicyclic) bond motifs is 1. The van der Waals surface area contributed by atoms with Crippen molar-refractivity contribution in [1.29, 1.82) is 0 Å². The van der Waals surface area contributed by atoms with Crippen molar-refractivity contribution in [1.82, 2.24) is 35.0 Å². The standard InChI is InChI=1S/C21H31N7O3/c1-14-17(15(2)31-25-14)20(30)27-10-7-21(13-27)6-5-16-23-24-18(28(16)11-8-21)19(29)22-9-12-26(3)4/h5-13H2,1-4H3,(H,22,29)/t21-/m1/s1. The van der Waals surface area contributed by atoms with E-state index in [2.05, 4.69) is 20.7 Å². The average molecular weight is 430 g/mol. The summed E-state index contributed by atoms with van der Waals surface area (Å²) >= 11 is 0. The van der Waals surface area contributed by atoms with Gasteiger partial charge in [-0.25, -0.2) is 0 Å². The van der Waals surface area contributed by atoms with E-state index in [0.717, 1.165) is 44.6 Å². The Labute approximate surface area is 182 Å². The minimum absolute atomic E-state index is 0.00210. The lowest BCUT2D eigenvalue weighted by Crippen LogP contribution is -2.34. The molecule has 2 aliphatic heterocycles. The first-order chi connectivity index (χ1) is 14.8. The van der Waals surface area contributed by atoms with E-state index < -0.39 is 0 Å². The molecule has 1 atom stereocenters. The smallest absolute Gasteiger partial charge is 0.289 e. The summed E-state index contributed by atoms with van der Waals surface area (Å²) in [6, 6.07) is 0. The maximum atomic E-state index is 13.1. The largest absolute Gasteiger partial charge is 0.361 e. The molecule has 0 unspecified atom stereocenters. The van der Waals surface area contributed by atoms with Gasteiger partial charge >= 0.3 is 0 Å². The quantitative estimate of drug-likeness (QED) is 0.756. The normalized spacial score (nSPS) is 20.9. The number of aromatic nitrogens is 4. The number of amides is 2. The maximum Gasteiger partial charge on any atom is 0.289 e. The van der Waals surface area contributed by atoms with Gasteiger partial charge in [-0.2, -0.15) is 0 Å². The van der Waals surface area contributed by atoms with Gasteiger partial charge in [0, 0.05) is 39.1 Å². The zero-order valence-corrected chi connectivity index (χ0v) is 18.8. The number of likely N-dealkylation sites (N-methyl/N-ethyl adjacent to an activating group) is 1. The van der Waals surface area contributed by atoms with Crippen LogP contribution >= 0.6 is 0 Å². The minimum Gasteiger partial charge on any atom is -0.361 e. The molecule has 0 aliphatic carbocycles. The van der Waals surface area contributed by atoms with E-state index in [1.165, 1.54) is 0 Å². The SMILES string of the molecule is Cc1noc(C)c1C(=O)N1CC[C@@]2(CCc3nnc(C(=O)NCCN(C)C)n3CC2)C1. The number of carbonyl (C=O) groups is 2. The molecule has 4 rings (SSSR count). The van der Waals surface area contributed by atoms with Crippen LogP contribution in [0.4, 0.5) is 0 Å². The van der Waals surface area contributed by atoms with Crippen LogP contribution in [0.5, 0.6) is 0 Å². The van der Waals surface area contributed by atoms with Crippen LogP contribution in [-0.4, -0.2) is 81.8 Å². The summed E-state index contributed by atoms with van der Waals surface area (Å²) in [5.74, 6) is 1.62. The van der Waals surface area contributed by atoms with Gasteiger partial charge in [0.2, 0.25) is 5.82 Å². The number of nitrogens with zero attached hydrogens (tertiary/aromatic N) is 6. The summed E-state index contributed by atoms with van der Waals surface area (Å²) in [6.45, 7) is 7.04. The molecule has 1 N–H and O–H groups in total. The van der Waals surface area contributed by atoms with Crippen molar-refractivity contribution >= 4 is 11.8 Å². The molecule has 10 nitrogen and oxygen atoms in total. The second-order valence-corrected chi connectivity index (χ2v) is 9.08. The lowest BCUT2D eigenvalue weighted by molar-refractivity contribution is 0.0764. The molecule has 10 heteroatoms. The van der Waals surface area contributed by atoms with E-state index in [-0.39, 0.29) is 17.2 Å². The first-order valence-corrected chi connectivity index (χ1v) is 10.9. The Hall–Kier alpha value is -2.75. The van der Waals surface area contributed by atoms with Gasteiger partial charge in [-0.15, -0.1) is 10.2 Å². The predicted octanol–water partition coefficient (Wildman–Crippen LogP) is 1.04. The molecule has 0 bridgehead atoms. The molecule has 2 aliphatic rings. The highest BCUT2D eigenvalue weighted by Gasteiger charge is 2.42. The first kappa shape index (κ1) is 21.5. The highest BCUT2D eigenvalue weighted by molar-refractivity contribution is 5.96.